The second-order valence-electron chi connectivity index (χ2n) is 4.76. The number of ketones is 1. The van der Waals surface area contributed by atoms with Crippen LogP contribution in [0.5, 0.6) is 5.75 Å². The molecule has 0 radical (unpaired) electrons. The first-order valence-corrected chi connectivity index (χ1v) is 5.96. The molecule has 1 aliphatic rings. The molecule has 0 atom stereocenters. The molecule has 0 heterocycles. The number of Topliss-reactive ketones (excluding diaryl/α,β-unsaturated/α-hetero) is 1. The van der Waals surface area contributed by atoms with Crippen molar-refractivity contribution in [3.05, 3.63) is 29.3 Å². The van der Waals surface area contributed by atoms with Crippen molar-refractivity contribution in [2.75, 3.05) is 6.61 Å². The largest absolute Gasteiger partial charge is 0.493 e. The van der Waals surface area contributed by atoms with E-state index in [-0.39, 0.29) is 5.78 Å². The molecule has 1 aromatic carbocycles. The van der Waals surface area contributed by atoms with E-state index in [4.69, 9.17) is 4.74 Å². The molecule has 0 aromatic heterocycles. The van der Waals surface area contributed by atoms with Gasteiger partial charge in [-0.3, -0.25) is 4.79 Å². The van der Waals surface area contributed by atoms with Crippen LogP contribution in [0.4, 0.5) is 0 Å². The number of benzene rings is 1. The summed E-state index contributed by atoms with van der Waals surface area (Å²) in [6.07, 6.45) is 2.60. The molecule has 1 aromatic rings. The maximum atomic E-state index is 11.7. The standard InChI is InChI=1S/C14H18O2/c1-10(2)9-16-14-8-4-5-11-12(14)6-3-7-13(11)15/h4-5,8,10H,3,6-7,9H2,1-2H3. The maximum absolute atomic E-state index is 11.7. The van der Waals surface area contributed by atoms with Gasteiger partial charge in [0.05, 0.1) is 6.61 Å². The average Bonchev–Trinajstić information content (AvgIpc) is 2.27. The topological polar surface area (TPSA) is 26.3 Å². The Morgan fingerprint density at radius 1 is 1.31 bits per heavy atom. The van der Waals surface area contributed by atoms with Crippen molar-refractivity contribution in [1.29, 1.82) is 0 Å². The molecule has 2 heteroatoms. The van der Waals surface area contributed by atoms with Gasteiger partial charge in [0.1, 0.15) is 5.75 Å². The van der Waals surface area contributed by atoms with Crippen LogP contribution < -0.4 is 4.74 Å². The van der Waals surface area contributed by atoms with Gasteiger partial charge in [0.25, 0.3) is 0 Å². The number of rotatable bonds is 3. The molecule has 0 saturated heterocycles. The average molecular weight is 218 g/mol. The monoisotopic (exact) mass is 218 g/mol. The van der Waals surface area contributed by atoms with Gasteiger partial charge in [0.2, 0.25) is 0 Å². The normalized spacial score (nSPS) is 15.1. The molecule has 0 bridgehead atoms. The van der Waals surface area contributed by atoms with Crippen molar-refractivity contribution in [2.24, 2.45) is 5.92 Å². The third-order valence-corrected chi connectivity index (χ3v) is 2.84. The lowest BCUT2D eigenvalue weighted by molar-refractivity contribution is 0.0971. The summed E-state index contributed by atoms with van der Waals surface area (Å²) in [6.45, 7) is 4.96. The van der Waals surface area contributed by atoms with Gasteiger partial charge >= 0.3 is 0 Å². The minimum absolute atomic E-state index is 0.260. The molecule has 0 unspecified atom stereocenters. The molecule has 0 saturated carbocycles. The van der Waals surface area contributed by atoms with Crippen LogP contribution in [0.25, 0.3) is 0 Å². The SMILES string of the molecule is CC(C)COc1cccc2c1CCCC2=O. The Kier molecular flexibility index (Phi) is 3.28. The van der Waals surface area contributed by atoms with Crippen molar-refractivity contribution in [3.63, 3.8) is 0 Å². The molecular weight excluding hydrogens is 200 g/mol. The van der Waals surface area contributed by atoms with E-state index < -0.39 is 0 Å². The molecule has 1 aliphatic carbocycles. The fourth-order valence-corrected chi connectivity index (χ4v) is 2.04. The lowest BCUT2D eigenvalue weighted by Crippen LogP contribution is -2.13. The van der Waals surface area contributed by atoms with Crippen LogP contribution in [0, 0.1) is 5.92 Å². The highest BCUT2D eigenvalue weighted by Gasteiger charge is 2.20. The number of fused-ring (bicyclic) bond motifs is 1. The zero-order valence-corrected chi connectivity index (χ0v) is 9.95. The van der Waals surface area contributed by atoms with Crippen molar-refractivity contribution in [1.82, 2.24) is 0 Å². The van der Waals surface area contributed by atoms with E-state index in [2.05, 4.69) is 13.8 Å². The van der Waals surface area contributed by atoms with Crippen LogP contribution in [-0.2, 0) is 6.42 Å². The Morgan fingerprint density at radius 3 is 2.88 bits per heavy atom. The molecule has 2 rings (SSSR count). The lowest BCUT2D eigenvalue weighted by Gasteiger charge is -2.19. The third-order valence-electron chi connectivity index (χ3n) is 2.84. The van der Waals surface area contributed by atoms with Crippen molar-refractivity contribution >= 4 is 5.78 Å². The Morgan fingerprint density at radius 2 is 2.12 bits per heavy atom. The van der Waals surface area contributed by atoms with Crippen molar-refractivity contribution in [3.8, 4) is 5.75 Å². The van der Waals surface area contributed by atoms with Crippen LogP contribution in [-0.4, -0.2) is 12.4 Å². The van der Waals surface area contributed by atoms with Gasteiger partial charge in [0.15, 0.2) is 5.78 Å². The zero-order valence-electron chi connectivity index (χ0n) is 9.95. The molecule has 0 fully saturated rings. The summed E-state index contributed by atoms with van der Waals surface area (Å²) >= 11 is 0. The summed E-state index contributed by atoms with van der Waals surface area (Å²) in [5, 5.41) is 0. The molecule has 86 valence electrons. The number of carbonyl (C=O) groups is 1. The molecule has 0 N–H and O–H groups in total. The Bertz CT molecular complexity index is 394. The Balaban J connectivity index is 2.25. The number of hydrogen-bond donors (Lipinski definition) is 0. The maximum Gasteiger partial charge on any atom is 0.163 e. The fourth-order valence-electron chi connectivity index (χ4n) is 2.04. The highest BCUT2D eigenvalue weighted by Crippen LogP contribution is 2.29. The first kappa shape index (κ1) is 11.2. The Labute approximate surface area is 96.6 Å². The zero-order chi connectivity index (χ0) is 11.5. The summed E-state index contributed by atoms with van der Waals surface area (Å²) in [5.74, 6) is 1.67. The van der Waals surface area contributed by atoms with Crippen molar-refractivity contribution < 1.29 is 9.53 Å². The minimum atomic E-state index is 0.260. The van der Waals surface area contributed by atoms with E-state index >= 15 is 0 Å². The van der Waals surface area contributed by atoms with Crippen LogP contribution in [0.2, 0.25) is 0 Å². The van der Waals surface area contributed by atoms with Crippen LogP contribution in [0.3, 0.4) is 0 Å². The summed E-state index contributed by atoms with van der Waals surface area (Å²) in [4.78, 5) is 11.7. The Hall–Kier alpha value is -1.31. The highest BCUT2D eigenvalue weighted by molar-refractivity contribution is 5.99. The third kappa shape index (κ3) is 2.26. The smallest absolute Gasteiger partial charge is 0.163 e. The highest BCUT2D eigenvalue weighted by atomic mass is 16.5. The first-order chi connectivity index (χ1) is 7.68. The molecular formula is C14H18O2. The van der Waals surface area contributed by atoms with E-state index in [0.717, 1.165) is 29.7 Å². The predicted molar refractivity (Wildman–Crippen MR) is 64.0 cm³/mol. The van der Waals surface area contributed by atoms with Gasteiger partial charge in [-0.15, -0.1) is 0 Å². The minimum Gasteiger partial charge on any atom is -0.493 e. The summed E-state index contributed by atoms with van der Waals surface area (Å²) < 4.78 is 5.76. The summed E-state index contributed by atoms with van der Waals surface area (Å²) in [5.41, 5.74) is 1.98. The first-order valence-electron chi connectivity index (χ1n) is 5.96. The van der Waals surface area contributed by atoms with Crippen molar-refractivity contribution in [2.45, 2.75) is 33.1 Å². The second-order valence-corrected chi connectivity index (χ2v) is 4.76. The van der Waals surface area contributed by atoms with Gasteiger partial charge in [-0.05, 0) is 24.8 Å². The van der Waals surface area contributed by atoms with Crippen LogP contribution in [0.15, 0.2) is 18.2 Å². The van der Waals surface area contributed by atoms with E-state index in [1.165, 1.54) is 0 Å². The van der Waals surface area contributed by atoms with E-state index in [9.17, 15) is 4.79 Å². The molecule has 0 amide bonds. The van der Waals surface area contributed by atoms with Crippen LogP contribution in [0.1, 0.15) is 42.6 Å². The van der Waals surface area contributed by atoms with Gasteiger partial charge in [-0.1, -0.05) is 26.0 Å². The van der Waals surface area contributed by atoms with Gasteiger partial charge < -0.3 is 4.74 Å². The molecule has 16 heavy (non-hydrogen) atoms. The number of carbonyl (C=O) groups excluding carboxylic acids is 1. The van der Waals surface area contributed by atoms with Gasteiger partial charge in [-0.2, -0.15) is 0 Å². The van der Waals surface area contributed by atoms with E-state index in [0.29, 0.717) is 18.9 Å². The molecule has 2 nitrogen and oxygen atoms in total. The quantitative estimate of drug-likeness (QED) is 0.778. The predicted octanol–water partition coefficient (Wildman–Crippen LogP) is 3.24. The van der Waals surface area contributed by atoms with Crippen LogP contribution >= 0.6 is 0 Å². The van der Waals surface area contributed by atoms with Gasteiger partial charge in [-0.25, -0.2) is 0 Å². The second kappa shape index (κ2) is 4.69. The summed E-state index contributed by atoms with van der Waals surface area (Å²) in [7, 11) is 0. The lowest BCUT2D eigenvalue weighted by atomic mass is 9.90. The molecule has 0 aliphatic heterocycles. The number of hydrogen-bond acceptors (Lipinski definition) is 2. The molecule has 0 spiro atoms. The fraction of sp³-hybridized carbons (Fsp3) is 0.500. The summed E-state index contributed by atoms with van der Waals surface area (Å²) in [6, 6.07) is 5.80. The van der Waals surface area contributed by atoms with E-state index in [1.807, 2.05) is 18.2 Å². The van der Waals surface area contributed by atoms with E-state index in [1.54, 1.807) is 0 Å². The van der Waals surface area contributed by atoms with Gasteiger partial charge in [0, 0.05) is 17.5 Å². The number of ether oxygens (including phenoxy) is 1.